The van der Waals surface area contributed by atoms with Gasteiger partial charge < -0.3 is 15.0 Å². The number of carbonyl (C=O) groups is 2. The molecule has 0 bridgehead atoms. The van der Waals surface area contributed by atoms with Gasteiger partial charge in [0.1, 0.15) is 12.7 Å². The molecule has 9 heteroatoms. The van der Waals surface area contributed by atoms with Crippen LogP contribution in [0.3, 0.4) is 0 Å². The van der Waals surface area contributed by atoms with Crippen molar-refractivity contribution in [3.8, 4) is 5.69 Å². The smallest absolute Gasteiger partial charge is 0.338 e. The van der Waals surface area contributed by atoms with Gasteiger partial charge in [-0.3, -0.25) is 9.36 Å². The maximum Gasteiger partial charge on any atom is 0.338 e. The van der Waals surface area contributed by atoms with Crippen LogP contribution in [0.5, 0.6) is 0 Å². The molecule has 1 unspecified atom stereocenters. The number of benzene rings is 2. The first-order valence-electron chi connectivity index (χ1n) is 10.2. The number of carboxylic acid groups (broad SMARTS) is 1. The van der Waals surface area contributed by atoms with Gasteiger partial charge in [0, 0.05) is 34.9 Å². The fraction of sp³-hybridized carbons (Fsp3) is 0.217. The summed E-state index contributed by atoms with van der Waals surface area (Å²) in [5, 5.41) is 21.5. The number of aromatic nitrogens is 4. The number of amides is 1. The third-order valence-corrected chi connectivity index (χ3v) is 6.24. The zero-order valence-electron chi connectivity index (χ0n) is 17.2. The molecule has 162 valence electrons. The molecule has 1 amide bonds. The Kier molecular flexibility index (Phi) is 4.94. The molecule has 0 radical (unpaired) electrons. The van der Waals surface area contributed by atoms with Crippen LogP contribution in [0.4, 0.5) is 0 Å². The molecule has 1 aliphatic rings. The Labute approximate surface area is 188 Å². The first kappa shape index (κ1) is 20.3. The van der Waals surface area contributed by atoms with Gasteiger partial charge in [0.2, 0.25) is 0 Å². The number of hydrogen-bond donors (Lipinski definition) is 2. The molecule has 3 heterocycles. The highest BCUT2D eigenvalue weighted by Gasteiger charge is 2.29. The lowest BCUT2D eigenvalue weighted by atomic mass is 10.0. The van der Waals surface area contributed by atoms with E-state index in [4.69, 9.17) is 11.6 Å². The fourth-order valence-electron chi connectivity index (χ4n) is 4.41. The van der Waals surface area contributed by atoms with Crippen LogP contribution in [-0.4, -0.2) is 42.4 Å². The maximum atomic E-state index is 12.9. The Balaban J connectivity index is 1.40. The molecule has 2 aromatic carbocycles. The molecule has 1 aliphatic heterocycles. The first-order valence-corrected chi connectivity index (χ1v) is 10.6. The molecular weight excluding hydrogens is 430 g/mol. The summed E-state index contributed by atoms with van der Waals surface area (Å²) in [5.41, 5.74) is 4.19. The Morgan fingerprint density at radius 3 is 2.66 bits per heavy atom. The van der Waals surface area contributed by atoms with Crippen LogP contribution < -0.4 is 5.32 Å². The van der Waals surface area contributed by atoms with Crippen molar-refractivity contribution in [3.05, 3.63) is 76.5 Å². The number of halogens is 1. The average molecular weight is 450 g/mol. The molecule has 0 saturated heterocycles. The number of fused-ring (bicyclic) bond motifs is 3. The van der Waals surface area contributed by atoms with Crippen molar-refractivity contribution in [1.82, 2.24) is 24.6 Å². The highest BCUT2D eigenvalue weighted by atomic mass is 35.5. The number of hydrogen-bond acceptors (Lipinski definition) is 4. The lowest BCUT2D eigenvalue weighted by molar-refractivity contribution is 0.0696. The van der Waals surface area contributed by atoms with Gasteiger partial charge in [0.25, 0.3) is 5.91 Å². The molecule has 5 rings (SSSR count). The Bertz CT molecular complexity index is 1360. The first-order chi connectivity index (χ1) is 15.4. The number of nitrogens with one attached hydrogen (secondary N) is 1. The van der Waals surface area contributed by atoms with Crippen molar-refractivity contribution in [2.24, 2.45) is 0 Å². The summed E-state index contributed by atoms with van der Waals surface area (Å²) in [6, 6.07) is 10.9. The van der Waals surface area contributed by atoms with Gasteiger partial charge in [-0.05, 0) is 50.1 Å². The number of rotatable bonds is 4. The summed E-state index contributed by atoms with van der Waals surface area (Å²) in [6.45, 7) is 2.45. The summed E-state index contributed by atoms with van der Waals surface area (Å²) in [7, 11) is 0. The average Bonchev–Trinajstić information content (AvgIpc) is 3.39. The van der Waals surface area contributed by atoms with Crippen molar-refractivity contribution in [3.63, 3.8) is 0 Å². The summed E-state index contributed by atoms with van der Waals surface area (Å²) >= 11 is 6.39. The molecular formula is C23H20ClN5O3. The predicted molar refractivity (Wildman–Crippen MR) is 120 cm³/mol. The zero-order chi connectivity index (χ0) is 22.4. The van der Waals surface area contributed by atoms with Gasteiger partial charge in [0.05, 0.1) is 16.1 Å². The van der Waals surface area contributed by atoms with E-state index in [1.54, 1.807) is 35.4 Å². The zero-order valence-corrected chi connectivity index (χ0v) is 18.0. The highest BCUT2D eigenvalue weighted by molar-refractivity contribution is 6.34. The van der Waals surface area contributed by atoms with Gasteiger partial charge in [-0.15, -0.1) is 10.2 Å². The Morgan fingerprint density at radius 2 is 1.94 bits per heavy atom. The van der Waals surface area contributed by atoms with E-state index in [9.17, 15) is 14.7 Å². The second kappa shape index (κ2) is 7.80. The predicted octanol–water partition coefficient (Wildman–Crippen LogP) is 3.63. The van der Waals surface area contributed by atoms with E-state index in [1.807, 2.05) is 29.7 Å². The normalized spacial score (nSPS) is 15.5. The van der Waals surface area contributed by atoms with Crippen LogP contribution in [0.15, 0.2) is 49.1 Å². The van der Waals surface area contributed by atoms with Gasteiger partial charge in [-0.25, -0.2) is 4.79 Å². The Hall–Kier alpha value is -3.65. The van der Waals surface area contributed by atoms with E-state index in [0.29, 0.717) is 35.5 Å². The minimum atomic E-state index is -0.920. The minimum absolute atomic E-state index is 0.137. The lowest BCUT2D eigenvalue weighted by Crippen LogP contribution is -2.41. The Morgan fingerprint density at radius 1 is 1.16 bits per heavy atom. The number of aryl methyl sites for hydroxylation is 1. The minimum Gasteiger partial charge on any atom is -0.478 e. The topological polar surface area (TPSA) is 102 Å². The third kappa shape index (κ3) is 3.42. The van der Waals surface area contributed by atoms with Crippen LogP contribution in [-0.2, 0) is 13.0 Å². The van der Waals surface area contributed by atoms with E-state index in [0.717, 1.165) is 27.8 Å². The molecule has 0 aliphatic carbocycles. The van der Waals surface area contributed by atoms with Crippen molar-refractivity contribution in [1.29, 1.82) is 0 Å². The molecule has 0 saturated carbocycles. The monoisotopic (exact) mass is 449 g/mol. The highest BCUT2D eigenvalue weighted by Crippen LogP contribution is 2.32. The van der Waals surface area contributed by atoms with Crippen LogP contribution >= 0.6 is 11.6 Å². The third-order valence-electron chi connectivity index (χ3n) is 5.92. The molecule has 1 atom stereocenters. The molecule has 32 heavy (non-hydrogen) atoms. The standard InChI is InChI=1S/C23H20ClN5O3/c1-13-2-6-19-17(8-13)21(23(31)32)20-7-3-14(10-29(19)20)27-22(30)16-5-4-15(9-18(16)24)28-11-25-26-12-28/h2,4-6,8-9,11-12,14H,3,7,10H2,1H3,(H,27,30)(H,31,32). The fourth-order valence-corrected chi connectivity index (χ4v) is 4.68. The summed E-state index contributed by atoms with van der Waals surface area (Å²) < 4.78 is 3.72. The van der Waals surface area contributed by atoms with Crippen molar-refractivity contribution in [2.75, 3.05) is 0 Å². The maximum absolute atomic E-state index is 12.9. The lowest BCUT2D eigenvalue weighted by Gasteiger charge is -2.27. The second-order valence-electron chi connectivity index (χ2n) is 8.00. The number of nitrogens with zero attached hydrogens (tertiary/aromatic N) is 4. The molecule has 2 N–H and O–H groups in total. The van der Waals surface area contributed by atoms with Crippen molar-refractivity contribution in [2.45, 2.75) is 32.4 Å². The number of aromatic carboxylic acids is 1. The van der Waals surface area contributed by atoms with E-state index < -0.39 is 5.97 Å². The van der Waals surface area contributed by atoms with Crippen LogP contribution in [0.25, 0.3) is 16.6 Å². The van der Waals surface area contributed by atoms with E-state index in [2.05, 4.69) is 15.5 Å². The molecule has 8 nitrogen and oxygen atoms in total. The van der Waals surface area contributed by atoms with Gasteiger partial charge in [0.15, 0.2) is 0 Å². The van der Waals surface area contributed by atoms with Crippen molar-refractivity contribution >= 4 is 34.4 Å². The molecule has 2 aromatic heterocycles. The largest absolute Gasteiger partial charge is 0.478 e. The summed E-state index contributed by atoms with van der Waals surface area (Å²) in [5.74, 6) is -1.18. The number of carbonyl (C=O) groups excluding carboxylic acids is 1. The summed E-state index contributed by atoms with van der Waals surface area (Å²) in [6.07, 6.45) is 4.33. The van der Waals surface area contributed by atoms with E-state index >= 15 is 0 Å². The van der Waals surface area contributed by atoms with Gasteiger partial charge in [-0.1, -0.05) is 23.2 Å². The van der Waals surface area contributed by atoms with Gasteiger partial charge in [-0.2, -0.15) is 0 Å². The SMILES string of the molecule is Cc1ccc2c(c1)c(C(=O)O)c1n2CC(NC(=O)c2ccc(-n3cnnc3)cc2Cl)CC1. The number of carboxylic acids is 1. The van der Waals surface area contributed by atoms with Crippen LogP contribution in [0.2, 0.25) is 5.02 Å². The van der Waals surface area contributed by atoms with Crippen LogP contribution in [0.1, 0.15) is 38.4 Å². The summed E-state index contributed by atoms with van der Waals surface area (Å²) in [4.78, 5) is 24.9. The van der Waals surface area contributed by atoms with Gasteiger partial charge >= 0.3 is 5.97 Å². The second-order valence-corrected chi connectivity index (χ2v) is 8.41. The van der Waals surface area contributed by atoms with E-state index in [1.165, 1.54) is 0 Å². The molecule has 4 aromatic rings. The quantitative estimate of drug-likeness (QED) is 0.495. The van der Waals surface area contributed by atoms with E-state index in [-0.39, 0.29) is 11.9 Å². The van der Waals surface area contributed by atoms with Crippen LogP contribution in [0, 0.1) is 6.92 Å². The van der Waals surface area contributed by atoms with Crippen molar-refractivity contribution < 1.29 is 14.7 Å². The molecule has 0 spiro atoms. The molecule has 0 fully saturated rings.